The van der Waals surface area contributed by atoms with E-state index in [-0.39, 0.29) is 16.1 Å². The molecule has 0 aromatic rings. The van der Waals surface area contributed by atoms with Gasteiger partial charge in [-0.15, -0.1) is 35.0 Å². The zero-order valence-electron chi connectivity index (χ0n) is 7.49. The van der Waals surface area contributed by atoms with Crippen LogP contribution >= 0.6 is 35.0 Å². The van der Waals surface area contributed by atoms with Crippen LogP contribution in [0.4, 0.5) is 0 Å². The Bertz CT molecular complexity index is 290. The molecule has 0 saturated carbocycles. The zero-order chi connectivity index (χ0) is 9.97. The maximum atomic E-state index is 6.33. The molecule has 2 aliphatic rings. The number of alkyl halides is 2. The average molecular weight is 248 g/mol. The van der Waals surface area contributed by atoms with Crippen molar-refractivity contribution in [1.82, 2.24) is 5.32 Å². The fraction of sp³-hybridized carbons (Fsp3) is 0.400. The number of thioether (sulfide) groups is 1. The van der Waals surface area contributed by atoms with Gasteiger partial charge in [-0.1, -0.05) is 18.2 Å². The Balaban J connectivity index is 1.98. The summed E-state index contributed by atoms with van der Waals surface area (Å²) in [5.41, 5.74) is 1.16. The Morgan fingerprint density at radius 3 is 3.00 bits per heavy atom. The molecule has 3 atom stereocenters. The molecule has 1 aliphatic carbocycles. The number of rotatable bonds is 2. The first-order valence-electron chi connectivity index (χ1n) is 4.50. The van der Waals surface area contributed by atoms with Crippen LogP contribution in [-0.4, -0.2) is 16.1 Å². The van der Waals surface area contributed by atoms with Gasteiger partial charge in [0.15, 0.2) is 0 Å². The second-order valence-electron chi connectivity index (χ2n) is 3.24. The zero-order valence-corrected chi connectivity index (χ0v) is 9.82. The van der Waals surface area contributed by atoms with Crippen molar-refractivity contribution >= 4 is 35.0 Å². The monoisotopic (exact) mass is 247 g/mol. The summed E-state index contributed by atoms with van der Waals surface area (Å²) in [7, 11) is 0. The normalized spacial score (nSPS) is 32.6. The summed E-state index contributed by atoms with van der Waals surface area (Å²) in [6.07, 6.45) is 8.96. The van der Waals surface area contributed by atoms with Gasteiger partial charge in [-0.25, -0.2) is 0 Å². The SMILES string of the molecule is ClC1C=CC(C(Cl)C2NC=CS2)=CC1. The molecule has 3 unspecified atom stereocenters. The minimum absolute atomic E-state index is 0.00965. The predicted molar refractivity (Wildman–Crippen MR) is 64.8 cm³/mol. The molecule has 1 aliphatic heterocycles. The van der Waals surface area contributed by atoms with Gasteiger partial charge >= 0.3 is 0 Å². The highest BCUT2D eigenvalue weighted by Crippen LogP contribution is 2.29. The standard InChI is InChI=1S/C10H11Cl2NS/c11-8-3-1-7(2-4-8)9(12)10-13-5-6-14-10/h1-3,5-6,8-10,13H,4H2. The Hall–Kier alpha value is -0.0500. The van der Waals surface area contributed by atoms with Crippen molar-refractivity contribution in [2.75, 3.05) is 0 Å². The van der Waals surface area contributed by atoms with Gasteiger partial charge in [0.2, 0.25) is 0 Å². The van der Waals surface area contributed by atoms with Crippen LogP contribution in [0, 0.1) is 0 Å². The van der Waals surface area contributed by atoms with Crippen molar-refractivity contribution in [3.05, 3.63) is 35.4 Å². The van der Waals surface area contributed by atoms with Gasteiger partial charge < -0.3 is 5.32 Å². The third-order valence-corrected chi connectivity index (χ3v) is 4.19. The van der Waals surface area contributed by atoms with Gasteiger partial charge in [0.1, 0.15) is 0 Å². The fourth-order valence-electron chi connectivity index (χ4n) is 1.44. The van der Waals surface area contributed by atoms with Crippen LogP contribution in [0.25, 0.3) is 0 Å². The maximum Gasteiger partial charge on any atom is 0.0965 e. The van der Waals surface area contributed by atoms with Crippen LogP contribution in [0.5, 0.6) is 0 Å². The van der Waals surface area contributed by atoms with Gasteiger partial charge in [-0.05, 0) is 17.4 Å². The lowest BCUT2D eigenvalue weighted by atomic mass is 10.0. The summed E-state index contributed by atoms with van der Waals surface area (Å²) in [4.78, 5) is 0. The third kappa shape index (κ3) is 2.30. The summed E-state index contributed by atoms with van der Waals surface area (Å²) in [5, 5.41) is 5.62. The molecular weight excluding hydrogens is 237 g/mol. The van der Waals surface area contributed by atoms with Crippen LogP contribution in [0.2, 0.25) is 0 Å². The fourth-order valence-corrected chi connectivity index (χ4v) is 2.79. The van der Waals surface area contributed by atoms with E-state index >= 15 is 0 Å². The molecule has 4 heteroatoms. The van der Waals surface area contributed by atoms with E-state index in [9.17, 15) is 0 Å². The van der Waals surface area contributed by atoms with Crippen molar-refractivity contribution < 1.29 is 0 Å². The van der Waals surface area contributed by atoms with Crippen LogP contribution < -0.4 is 5.32 Å². The summed E-state index contributed by atoms with van der Waals surface area (Å²) in [5.74, 6) is 0. The predicted octanol–water partition coefficient (Wildman–Crippen LogP) is 3.22. The van der Waals surface area contributed by atoms with E-state index in [4.69, 9.17) is 23.2 Å². The first-order valence-corrected chi connectivity index (χ1v) is 6.32. The first-order chi connectivity index (χ1) is 6.77. The largest absolute Gasteiger partial charge is 0.377 e. The second-order valence-corrected chi connectivity index (χ2v) is 5.33. The maximum absolute atomic E-state index is 6.33. The van der Waals surface area contributed by atoms with Crippen LogP contribution in [0.3, 0.4) is 0 Å². The molecule has 14 heavy (non-hydrogen) atoms. The summed E-state index contributed by atoms with van der Waals surface area (Å²) >= 11 is 14.0. The molecule has 76 valence electrons. The number of allylic oxidation sites excluding steroid dienone is 3. The molecule has 0 amide bonds. The molecule has 1 heterocycles. The van der Waals surface area contributed by atoms with Crippen molar-refractivity contribution in [3.63, 3.8) is 0 Å². The third-order valence-electron chi connectivity index (χ3n) is 2.21. The quantitative estimate of drug-likeness (QED) is 0.753. The molecule has 0 fully saturated rings. The number of nitrogens with one attached hydrogen (secondary N) is 1. The molecule has 0 radical (unpaired) electrons. The van der Waals surface area contributed by atoms with E-state index in [0.717, 1.165) is 12.0 Å². The minimum atomic E-state index is 0.00965. The van der Waals surface area contributed by atoms with Gasteiger partial charge in [0.05, 0.1) is 16.1 Å². The van der Waals surface area contributed by atoms with Crippen LogP contribution in [0.15, 0.2) is 35.4 Å². The van der Waals surface area contributed by atoms with Gasteiger partial charge in [0, 0.05) is 6.20 Å². The lowest BCUT2D eigenvalue weighted by Gasteiger charge is -2.20. The number of hydrogen-bond acceptors (Lipinski definition) is 2. The van der Waals surface area contributed by atoms with E-state index in [2.05, 4.69) is 11.4 Å². The number of halogens is 2. The van der Waals surface area contributed by atoms with E-state index in [0.29, 0.717) is 0 Å². The lowest BCUT2D eigenvalue weighted by Crippen LogP contribution is -2.28. The molecule has 0 spiro atoms. The van der Waals surface area contributed by atoms with E-state index in [1.807, 2.05) is 23.8 Å². The van der Waals surface area contributed by atoms with E-state index in [1.165, 1.54) is 0 Å². The van der Waals surface area contributed by atoms with Crippen molar-refractivity contribution in [1.29, 1.82) is 0 Å². The Morgan fingerprint density at radius 2 is 2.43 bits per heavy atom. The molecule has 0 aromatic heterocycles. The molecule has 0 saturated heterocycles. The Labute approximate surface area is 98.2 Å². The molecule has 0 aromatic carbocycles. The lowest BCUT2D eigenvalue weighted by molar-refractivity contribution is 0.788. The van der Waals surface area contributed by atoms with Crippen LogP contribution in [-0.2, 0) is 0 Å². The highest BCUT2D eigenvalue weighted by Gasteiger charge is 2.23. The minimum Gasteiger partial charge on any atom is -0.377 e. The summed E-state index contributed by atoms with van der Waals surface area (Å²) < 4.78 is 0. The second kappa shape index (κ2) is 4.65. The molecule has 0 bridgehead atoms. The van der Waals surface area contributed by atoms with Crippen LogP contribution in [0.1, 0.15) is 6.42 Å². The van der Waals surface area contributed by atoms with Crippen molar-refractivity contribution in [2.24, 2.45) is 0 Å². The number of hydrogen-bond donors (Lipinski definition) is 1. The van der Waals surface area contributed by atoms with Gasteiger partial charge in [-0.3, -0.25) is 0 Å². The smallest absolute Gasteiger partial charge is 0.0965 e. The van der Waals surface area contributed by atoms with E-state index in [1.54, 1.807) is 11.8 Å². The van der Waals surface area contributed by atoms with Crippen molar-refractivity contribution in [3.8, 4) is 0 Å². The topological polar surface area (TPSA) is 12.0 Å². The van der Waals surface area contributed by atoms with Crippen molar-refractivity contribution in [2.45, 2.75) is 22.5 Å². The molecular formula is C10H11Cl2NS. The highest BCUT2D eigenvalue weighted by molar-refractivity contribution is 8.03. The molecule has 1 N–H and O–H groups in total. The average Bonchev–Trinajstić information content (AvgIpc) is 2.71. The Kier molecular flexibility index (Phi) is 3.47. The first kappa shape index (κ1) is 10.5. The summed E-state index contributed by atoms with van der Waals surface area (Å²) in [6, 6.07) is 0. The highest BCUT2D eigenvalue weighted by atomic mass is 35.5. The molecule has 1 nitrogen and oxygen atoms in total. The van der Waals surface area contributed by atoms with E-state index < -0.39 is 0 Å². The van der Waals surface area contributed by atoms with Gasteiger partial charge in [0.25, 0.3) is 0 Å². The summed E-state index contributed by atoms with van der Waals surface area (Å²) in [6.45, 7) is 0. The molecule has 2 rings (SSSR count). The Morgan fingerprint density at radius 1 is 1.57 bits per heavy atom. The van der Waals surface area contributed by atoms with Gasteiger partial charge in [-0.2, -0.15) is 0 Å².